The van der Waals surface area contributed by atoms with Crippen LogP contribution < -0.4 is 4.74 Å². The second kappa shape index (κ2) is 10.1. The van der Waals surface area contributed by atoms with Crippen LogP contribution >= 0.6 is 0 Å². The van der Waals surface area contributed by atoms with Crippen molar-refractivity contribution in [2.24, 2.45) is 5.92 Å². The van der Waals surface area contributed by atoms with Crippen molar-refractivity contribution in [3.63, 3.8) is 0 Å². The van der Waals surface area contributed by atoms with Crippen molar-refractivity contribution < 1.29 is 17.9 Å². The monoisotopic (exact) mass is 448 g/mol. The Morgan fingerprint density at radius 3 is 2.24 bits per heavy atom. The van der Waals surface area contributed by atoms with Crippen molar-refractivity contribution in [1.29, 1.82) is 0 Å². The van der Waals surface area contributed by atoms with E-state index in [1.807, 2.05) is 18.2 Å². The van der Waals surface area contributed by atoms with Crippen LogP contribution in [0.5, 0.6) is 5.75 Å². The van der Waals surface area contributed by atoms with Crippen LogP contribution in [-0.4, -0.2) is 7.11 Å². The fourth-order valence-corrected chi connectivity index (χ4v) is 4.46. The minimum Gasteiger partial charge on any atom is -0.494 e. The van der Waals surface area contributed by atoms with Crippen LogP contribution in [0.2, 0.25) is 0 Å². The van der Waals surface area contributed by atoms with Crippen molar-refractivity contribution in [3.05, 3.63) is 96.3 Å². The number of hydrogen-bond donors (Lipinski definition) is 0. The number of allylic oxidation sites excluding steroid dienone is 3. The molecule has 0 N–H and O–H groups in total. The van der Waals surface area contributed by atoms with Crippen molar-refractivity contribution in [3.8, 4) is 28.0 Å². The smallest absolute Gasteiger partial charge is 0.201 e. The van der Waals surface area contributed by atoms with Crippen LogP contribution in [0, 0.1) is 23.4 Å². The molecule has 1 atom stereocenters. The molecule has 0 amide bonds. The highest BCUT2D eigenvalue weighted by molar-refractivity contribution is 5.74. The Morgan fingerprint density at radius 1 is 0.909 bits per heavy atom. The molecular formula is C29H27F3O. The molecule has 1 unspecified atom stereocenters. The number of benzene rings is 3. The van der Waals surface area contributed by atoms with Gasteiger partial charge in [0, 0.05) is 11.1 Å². The third kappa shape index (κ3) is 4.90. The lowest BCUT2D eigenvalue weighted by molar-refractivity contribution is 0.372. The molecule has 3 aromatic carbocycles. The zero-order chi connectivity index (χ0) is 23.4. The predicted octanol–water partition coefficient (Wildman–Crippen LogP) is 8.60. The summed E-state index contributed by atoms with van der Waals surface area (Å²) in [5.74, 6) is -1.69. The zero-order valence-corrected chi connectivity index (χ0v) is 18.7. The zero-order valence-electron chi connectivity index (χ0n) is 18.7. The molecule has 0 aliphatic heterocycles. The van der Waals surface area contributed by atoms with Crippen LogP contribution in [0.1, 0.15) is 37.7 Å². The van der Waals surface area contributed by atoms with Crippen molar-refractivity contribution in [2.45, 2.75) is 32.1 Å². The minimum atomic E-state index is -1.01. The van der Waals surface area contributed by atoms with Crippen molar-refractivity contribution in [2.75, 3.05) is 7.11 Å². The Hall–Kier alpha value is -3.27. The second-order valence-corrected chi connectivity index (χ2v) is 8.45. The van der Waals surface area contributed by atoms with Crippen molar-refractivity contribution >= 4 is 5.57 Å². The van der Waals surface area contributed by atoms with Gasteiger partial charge in [0.2, 0.25) is 5.82 Å². The molecule has 4 rings (SSSR count). The van der Waals surface area contributed by atoms with Gasteiger partial charge in [0.15, 0.2) is 11.6 Å². The molecule has 1 aliphatic carbocycles. The Balaban J connectivity index is 1.53. The van der Waals surface area contributed by atoms with Crippen LogP contribution in [0.25, 0.3) is 27.8 Å². The SMILES string of the molecule is C=CCCC1CC=C(c2ccc(-c3ccc(-c4ccc(OC)c(F)c4F)cc3)cc2F)CC1. The van der Waals surface area contributed by atoms with Gasteiger partial charge in [0.25, 0.3) is 0 Å². The van der Waals surface area contributed by atoms with E-state index in [4.69, 9.17) is 4.74 Å². The highest BCUT2D eigenvalue weighted by Crippen LogP contribution is 2.35. The number of hydrogen-bond acceptors (Lipinski definition) is 1. The summed E-state index contributed by atoms with van der Waals surface area (Å²) in [6, 6.07) is 15.2. The van der Waals surface area contributed by atoms with Gasteiger partial charge < -0.3 is 4.74 Å². The Kier molecular flexibility index (Phi) is 7.02. The van der Waals surface area contributed by atoms with E-state index in [0.29, 0.717) is 17.0 Å². The lowest BCUT2D eigenvalue weighted by Gasteiger charge is -2.22. The summed E-state index contributed by atoms with van der Waals surface area (Å²) < 4.78 is 48.3. The van der Waals surface area contributed by atoms with E-state index < -0.39 is 11.6 Å². The van der Waals surface area contributed by atoms with Gasteiger partial charge in [0.05, 0.1) is 7.11 Å². The summed E-state index contributed by atoms with van der Waals surface area (Å²) in [6.45, 7) is 3.78. The van der Waals surface area contributed by atoms with E-state index >= 15 is 0 Å². The molecule has 3 aromatic rings. The minimum absolute atomic E-state index is 0.135. The average Bonchev–Trinajstić information content (AvgIpc) is 2.85. The normalized spacial score (nSPS) is 15.8. The summed E-state index contributed by atoms with van der Waals surface area (Å²) in [5.41, 5.74) is 3.96. The molecule has 0 fully saturated rings. The third-order valence-electron chi connectivity index (χ3n) is 6.41. The molecular weight excluding hydrogens is 421 g/mol. The Labute approximate surface area is 193 Å². The highest BCUT2D eigenvalue weighted by atomic mass is 19.2. The van der Waals surface area contributed by atoms with Gasteiger partial charge in [-0.2, -0.15) is 4.39 Å². The maximum absolute atomic E-state index is 15.0. The van der Waals surface area contributed by atoms with E-state index in [1.54, 1.807) is 30.3 Å². The quantitative estimate of drug-likeness (QED) is 0.329. The highest BCUT2D eigenvalue weighted by Gasteiger charge is 2.18. The van der Waals surface area contributed by atoms with Crippen LogP contribution in [-0.2, 0) is 0 Å². The number of ether oxygens (including phenoxy) is 1. The lowest BCUT2D eigenvalue weighted by Crippen LogP contribution is -2.06. The molecule has 1 aliphatic rings. The molecule has 0 spiro atoms. The summed E-state index contributed by atoms with van der Waals surface area (Å²) in [5, 5.41) is 0. The molecule has 0 aromatic heterocycles. The fourth-order valence-electron chi connectivity index (χ4n) is 4.46. The molecule has 0 heterocycles. The predicted molar refractivity (Wildman–Crippen MR) is 128 cm³/mol. The van der Waals surface area contributed by atoms with Gasteiger partial charge in [-0.3, -0.25) is 0 Å². The maximum atomic E-state index is 15.0. The first-order valence-electron chi connectivity index (χ1n) is 11.2. The van der Waals surface area contributed by atoms with Crippen LogP contribution in [0.3, 0.4) is 0 Å². The summed E-state index contributed by atoms with van der Waals surface area (Å²) in [4.78, 5) is 0. The van der Waals surface area contributed by atoms with E-state index in [2.05, 4.69) is 12.7 Å². The first-order chi connectivity index (χ1) is 16.0. The number of methoxy groups -OCH3 is 1. The third-order valence-corrected chi connectivity index (χ3v) is 6.41. The Morgan fingerprint density at radius 2 is 1.61 bits per heavy atom. The van der Waals surface area contributed by atoms with Gasteiger partial charge >= 0.3 is 0 Å². The topological polar surface area (TPSA) is 9.23 Å². The van der Waals surface area contributed by atoms with Gasteiger partial charge in [-0.15, -0.1) is 6.58 Å². The molecule has 0 bridgehead atoms. The number of halogens is 3. The largest absolute Gasteiger partial charge is 0.494 e. The van der Waals surface area contributed by atoms with Crippen LogP contribution in [0.4, 0.5) is 13.2 Å². The second-order valence-electron chi connectivity index (χ2n) is 8.45. The lowest BCUT2D eigenvalue weighted by atomic mass is 9.84. The molecule has 4 heteroatoms. The van der Waals surface area contributed by atoms with E-state index in [9.17, 15) is 13.2 Å². The Bertz CT molecular complexity index is 1180. The van der Waals surface area contributed by atoms with E-state index in [0.717, 1.165) is 48.8 Å². The molecule has 1 nitrogen and oxygen atoms in total. The van der Waals surface area contributed by atoms with Crippen molar-refractivity contribution in [1.82, 2.24) is 0 Å². The van der Waals surface area contributed by atoms with Gasteiger partial charge in [-0.05, 0) is 78.5 Å². The molecule has 170 valence electrons. The van der Waals surface area contributed by atoms with Gasteiger partial charge in [0.1, 0.15) is 5.82 Å². The van der Waals surface area contributed by atoms with Crippen LogP contribution in [0.15, 0.2) is 73.3 Å². The first-order valence-corrected chi connectivity index (χ1v) is 11.2. The molecule has 0 saturated heterocycles. The number of rotatable bonds is 7. The average molecular weight is 449 g/mol. The fraction of sp³-hybridized carbons (Fsp3) is 0.241. The molecule has 0 radical (unpaired) electrons. The molecule has 0 saturated carbocycles. The summed E-state index contributed by atoms with van der Waals surface area (Å²) in [6.07, 6.45) is 9.23. The molecule has 33 heavy (non-hydrogen) atoms. The first kappa shape index (κ1) is 22.9. The van der Waals surface area contributed by atoms with E-state index in [-0.39, 0.29) is 17.1 Å². The standard InChI is InChI=1S/C29H27F3O/c1-3-4-5-19-6-8-21(9-7-19)24-15-14-23(18-26(24)30)20-10-12-22(13-11-20)25-16-17-27(33-2)29(32)28(25)31/h3,8,10-19H,1,4-7,9H2,2H3. The summed E-state index contributed by atoms with van der Waals surface area (Å²) >= 11 is 0. The summed E-state index contributed by atoms with van der Waals surface area (Å²) in [7, 11) is 1.29. The van der Waals surface area contributed by atoms with Gasteiger partial charge in [-0.25, -0.2) is 8.78 Å². The van der Waals surface area contributed by atoms with E-state index in [1.165, 1.54) is 19.2 Å². The van der Waals surface area contributed by atoms with Gasteiger partial charge in [-0.1, -0.05) is 48.6 Å². The maximum Gasteiger partial charge on any atom is 0.201 e.